The van der Waals surface area contributed by atoms with Gasteiger partial charge < -0.3 is 0 Å². The van der Waals surface area contributed by atoms with E-state index in [1.54, 1.807) is 0 Å². The molecule has 1 unspecified atom stereocenters. The van der Waals surface area contributed by atoms with Gasteiger partial charge in [0.1, 0.15) is 0 Å². The molecular weight excluding hydrogens is 186 g/mol. The number of likely N-dealkylation sites (tertiary alicyclic amines) is 1. The van der Waals surface area contributed by atoms with Crippen LogP contribution in [-0.2, 0) is 4.79 Å². The Kier molecular flexibility index (Phi) is 3.59. The molecule has 0 bridgehead atoms. The Morgan fingerprint density at radius 3 is 2.20 bits per heavy atom. The fourth-order valence-corrected chi connectivity index (χ4v) is 2.50. The van der Waals surface area contributed by atoms with Gasteiger partial charge in [0.2, 0.25) is 0 Å². The molecule has 1 fully saturated rings. The minimum absolute atomic E-state index is 0.153. The summed E-state index contributed by atoms with van der Waals surface area (Å²) in [6, 6.07) is 0.625. The maximum Gasteiger partial charge on any atom is 0.152 e. The third-order valence-corrected chi connectivity index (χ3v) is 3.32. The second-order valence-electron chi connectivity index (χ2n) is 6.21. The van der Waals surface area contributed by atoms with E-state index >= 15 is 0 Å². The lowest BCUT2D eigenvalue weighted by Gasteiger charge is -2.28. The van der Waals surface area contributed by atoms with Crippen molar-refractivity contribution in [1.29, 1.82) is 0 Å². The molecule has 1 atom stereocenters. The molecule has 0 aromatic carbocycles. The van der Waals surface area contributed by atoms with Crippen molar-refractivity contribution in [2.75, 3.05) is 6.54 Å². The lowest BCUT2D eigenvalue weighted by molar-refractivity contribution is -0.126. The minimum atomic E-state index is 0.153. The molecule has 1 rings (SSSR count). The molecule has 2 heteroatoms. The number of Topliss-reactive ketones (excluding diaryl/α,β-unsaturated/α-hetero) is 1. The van der Waals surface area contributed by atoms with E-state index in [1.165, 1.54) is 0 Å². The van der Waals surface area contributed by atoms with Crippen molar-refractivity contribution >= 4 is 5.78 Å². The highest BCUT2D eigenvalue weighted by Gasteiger charge is 2.42. The van der Waals surface area contributed by atoms with E-state index in [9.17, 15) is 4.79 Å². The van der Waals surface area contributed by atoms with Crippen LogP contribution in [0.1, 0.15) is 48.0 Å². The van der Waals surface area contributed by atoms with Gasteiger partial charge in [0.05, 0.1) is 6.04 Å². The Morgan fingerprint density at radius 1 is 1.27 bits per heavy atom. The summed E-state index contributed by atoms with van der Waals surface area (Å²) in [4.78, 5) is 14.5. The van der Waals surface area contributed by atoms with Crippen molar-refractivity contribution in [3.8, 4) is 0 Å². The summed E-state index contributed by atoms with van der Waals surface area (Å²) in [6.45, 7) is 13.9. The predicted molar refractivity (Wildman–Crippen MR) is 63.9 cm³/mol. The first-order valence-electron chi connectivity index (χ1n) is 6.04. The zero-order valence-electron chi connectivity index (χ0n) is 11.0. The number of carbonyl (C=O) groups is 1. The van der Waals surface area contributed by atoms with Crippen LogP contribution in [0.5, 0.6) is 0 Å². The van der Waals surface area contributed by atoms with Crippen molar-refractivity contribution in [1.82, 2.24) is 4.90 Å². The molecule has 2 nitrogen and oxygen atoms in total. The van der Waals surface area contributed by atoms with Crippen LogP contribution in [-0.4, -0.2) is 29.3 Å². The minimum Gasteiger partial charge on any atom is -0.298 e. The SMILES string of the molecule is CC(C)C(=O)C1CC(C)(C)CN1C(C)C. The van der Waals surface area contributed by atoms with Crippen molar-refractivity contribution in [3.63, 3.8) is 0 Å². The molecule has 0 aromatic rings. The smallest absolute Gasteiger partial charge is 0.152 e. The van der Waals surface area contributed by atoms with Crippen molar-refractivity contribution in [2.45, 2.75) is 60.0 Å². The molecule has 0 amide bonds. The molecule has 1 aliphatic rings. The normalized spacial score (nSPS) is 26.5. The molecule has 1 saturated heterocycles. The number of ketones is 1. The Bertz CT molecular complexity index is 243. The molecule has 1 heterocycles. The summed E-state index contributed by atoms with van der Waals surface area (Å²) < 4.78 is 0. The molecule has 0 saturated carbocycles. The molecule has 0 aromatic heterocycles. The third kappa shape index (κ3) is 2.81. The highest BCUT2D eigenvalue weighted by atomic mass is 16.1. The lowest BCUT2D eigenvalue weighted by Crippen LogP contribution is -2.42. The Morgan fingerprint density at radius 2 is 1.80 bits per heavy atom. The highest BCUT2D eigenvalue weighted by molar-refractivity contribution is 5.86. The van der Waals surface area contributed by atoms with Crippen molar-refractivity contribution in [3.05, 3.63) is 0 Å². The standard InChI is InChI=1S/C13H25NO/c1-9(2)12(15)11-7-13(5,6)8-14(11)10(3)4/h9-11H,7-8H2,1-6H3. The molecule has 0 aliphatic carbocycles. The summed E-state index contributed by atoms with van der Waals surface area (Å²) in [5.74, 6) is 0.569. The van der Waals surface area contributed by atoms with Gasteiger partial charge in [0.15, 0.2) is 5.78 Å². The van der Waals surface area contributed by atoms with Crippen molar-refractivity contribution < 1.29 is 4.79 Å². The van der Waals surface area contributed by atoms with E-state index in [1.807, 2.05) is 13.8 Å². The number of nitrogens with zero attached hydrogens (tertiary/aromatic N) is 1. The van der Waals surface area contributed by atoms with E-state index in [0.717, 1.165) is 13.0 Å². The van der Waals surface area contributed by atoms with Gasteiger partial charge in [0.25, 0.3) is 0 Å². The summed E-state index contributed by atoms with van der Waals surface area (Å²) in [7, 11) is 0. The van der Waals surface area contributed by atoms with E-state index in [0.29, 0.717) is 17.2 Å². The van der Waals surface area contributed by atoms with Gasteiger partial charge in [-0.25, -0.2) is 0 Å². The second kappa shape index (κ2) is 4.25. The number of hydrogen-bond acceptors (Lipinski definition) is 2. The van der Waals surface area contributed by atoms with Crippen LogP contribution in [0, 0.1) is 11.3 Å². The Hall–Kier alpha value is -0.370. The van der Waals surface area contributed by atoms with Gasteiger partial charge in [-0.3, -0.25) is 9.69 Å². The van der Waals surface area contributed by atoms with Crippen LogP contribution in [0.2, 0.25) is 0 Å². The second-order valence-corrected chi connectivity index (χ2v) is 6.21. The first-order chi connectivity index (χ1) is 6.74. The zero-order chi connectivity index (χ0) is 11.8. The molecule has 0 spiro atoms. The monoisotopic (exact) mass is 211 g/mol. The average Bonchev–Trinajstić information content (AvgIpc) is 2.40. The quantitative estimate of drug-likeness (QED) is 0.715. The first kappa shape index (κ1) is 12.7. The molecule has 1 aliphatic heterocycles. The Labute approximate surface area is 94.0 Å². The molecular formula is C13H25NO. The molecule has 0 radical (unpaired) electrons. The maximum atomic E-state index is 12.1. The van der Waals surface area contributed by atoms with E-state index in [-0.39, 0.29) is 12.0 Å². The Balaban J connectivity index is 2.82. The van der Waals surface area contributed by atoms with Crippen LogP contribution in [0.3, 0.4) is 0 Å². The van der Waals surface area contributed by atoms with Gasteiger partial charge >= 0.3 is 0 Å². The van der Waals surface area contributed by atoms with Crippen LogP contribution in [0.25, 0.3) is 0 Å². The topological polar surface area (TPSA) is 20.3 Å². The van der Waals surface area contributed by atoms with E-state index in [2.05, 4.69) is 32.6 Å². The number of carbonyl (C=O) groups excluding carboxylic acids is 1. The van der Waals surface area contributed by atoms with Crippen molar-refractivity contribution in [2.24, 2.45) is 11.3 Å². The van der Waals surface area contributed by atoms with E-state index in [4.69, 9.17) is 0 Å². The third-order valence-electron chi connectivity index (χ3n) is 3.32. The van der Waals surface area contributed by atoms with Gasteiger partial charge in [-0.2, -0.15) is 0 Å². The lowest BCUT2D eigenvalue weighted by atomic mass is 9.88. The van der Waals surface area contributed by atoms with Crippen LogP contribution in [0.15, 0.2) is 0 Å². The summed E-state index contributed by atoms with van der Waals surface area (Å²) in [6.07, 6.45) is 1.02. The first-order valence-corrected chi connectivity index (χ1v) is 6.04. The van der Waals surface area contributed by atoms with Crippen LogP contribution in [0.4, 0.5) is 0 Å². The number of hydrogen-bond donors (Lipinski definition) is 0. The van der Waals surface area contributed by atoms with Gasteiger partial charge in [-0.1, -0.05) is 27.7 Å². The average molecular weight is 211 g/mol. The highest BCUT2D eigenvalue weighted by Crippen LogP contribution is 2.36. The van der Waals surface area contributed by atoms with Crippen LogP contribution >= 0.6 is 0 Å². The molecule has 15 heavy (non-hydrogen) atoms. The molecule has 0 N–H and O–H groups in total. The van der Waals surface area contributed by atoms with Crippen LogP contribution < -0.4 is 0 Å². The molecule has 88 valence electrons. The van der Waals surface area contributed by atoms with E-state index < -0.39 is 0 Å². The summed E-state index contributed by atoms with van der Waals surface area (Å²) in [5, 5.41) is 0. The van der Waals surface area contributed by atoms with Gasteiger partial charge in [-0.05, 0) is 25.7 Å². The summed E-state index contributed by atoms with van der Waals surface area (Å²) >= 11 is 0. The zero-order valence-corrected chi connectivity index (χ0v) is 11.0. The summed E-state index contributed by atoms with van der Waals surface area (Å²) in [5.41, 5.74) is 0.291. The maximum absolute atomic E-state index is 12.1. The number of rotatable bonds is 3. The predicted octanol–water partition coefficient (Wildman–Crippen LogP) is 2.72. The van der Waals surface area contributed by atoms with Gasteiger partial charge in [-0.15, -0.1) is 0 Å². The fraction of sp³-hybridized carbons (Fsp3) is 0.923. The van der Waals surface area contributed by atoms with Gasteiger partial charge in [0, 0.05) is 18.5 Å². The largest absolute Gasteiger partial charge is 0.298 e. The fourth-order valence-electron chi connectivity index (χ4n) is 2.50.